The van der Waals surface area contributed by atoms with Crippen molar-refractivity contribution in [3.63, 3.8) is 0 Å². The van der Waals surface area contributed by atoms with Gasteiger partial charge < -0.3 is 15.1 Å². The number of aromatic nitrogens is 3. The Bertz CT molecular complexity index is 1930. The van der Waals surface area contributed by atoms with Gasteiger partial charge in [-0.2, -0.15) is 0 Å². The first-order valence-electron chi connectivity index (χ1n) is 16.6. The van der Waals surface area contributed by atoms with E-state index >= 15 is 0 Å². The number of rotatable bonds is 11. The van der Waals surface area contributed by atoms with Crippen molar-refractivity contribution in [2.24, 2.45) is 0 Å². The summed E-state index contributed by atoms with van der Waals surface area (Å²) in [4.78, 5) is 16.7. The van der Waals surface area contributed by atoms with Crippen LogP contribution < -0.4 is 0 Å². The summed E-state index contributed by atoms with van der Waals surface area (Å²) in [6.45, 7) is 5.16. The highest BCUT2D eigenvalue weighted by atomic mass is 16.3. The van der Waals surface area contributed by atoms with Gasteiger partial charge in [-0.15, -0.1) is 0 Å². The van der Waals surface area contributed by atoms with Crippen LogP contribution in [0.1, 0.15) is 56.2 Å². The summed E-state index contributed by atoms with van der Waals surface area (Å²) in [5.41, 5.74) is 9.63. The van der Waals surface area contributed by atoms with Gasteiger partial charge in [0.25, 0.3) is 0 Å². The number of nitrogens with zero attached hydrogens (tertiary/aromatic N) is 4. The van der Waals surface area contributed by atoms with E-state index in [9.17, 15) is 10.2 Å². The largest absolute Gasteiger partial charge is 0.507 e. The van der Waals surface area contributed by atoms with Gasteiger partial charge in [-0.1, -0.05) is 57.0 Å². The number of allylic oxidation sites excluding steroid dienone is 2. The summed E-state index contributed by atoms with van der Waals surface area (Å²) in [6.07, 6.45) is 14.1. The quantitative estimate of drug-likeness (QED) is 0.153. The fourth-order valence-corrected chi connectivity index (χ4v) is 6.10. The first-order chi connectivity index (χ1) is 23.0. The number of hydrogen-bond donors (Lipinski definition) is 2. The molecule has 0 bridgehead atoms. The van der Waals surface area contributed by atoms with E-state index in [-0.39, 0.29) is 11.5 Å². The molecular weight excluding hydrogens is 580 g/mol. The number of aryl methyl sites for hydroxylation is 2. The van der Waals surface area contributed by atoms with Gasteiger partial charge in [-0.05, 0) is 104 Å². The smallest absolute Gasteiger partial charge is 0.134 e. The Morgan fingerprint density at radius 1 is 0.638 bits per heavy atom. The van der Waals surface area contributed by atoms with Gasteiger partial charge in [0.15, 0.2) is 0 Å². The van der Waals surface area contributed by atoms with Crippen molar-refractivity contribution in [1.82, 2.24) is 19.9 Å². The molecule has 1 aliphatic rings. The topological polar surface area (TPSA) is 82.4 Å². The summed E-state index contributed by atoms with van der Waals surface area (Å²) in [7, 11) is 2.04. The highest BCUT2D eigenvalue weighted by Crippen LogP contribution is 2.41. The van der Waals surface area contributed by atoms with Gasteiger partial charge >= 0.3 is 0 Å². The molecule has 3 aromatic heterocycles. The monoisotopic (exact) mass is 622 g/mol. The third-order valence-electron chi connectivity index (χ3n) is 8.69. The van der Waals surface area contributed by atoms with Crippen LogP contribution in [0.25, 0.3) is 50.9 Å². The van der Waals surface area contributed by atoms with Crippen molar-refractivity contribution in [3.05, 3.63) is 120 Å². The van der Waals surface area contributed by atoms with Crippen molar-refractivity contribution in [1.29, 1.82) is 0 Å². The molecule has 0 unspecified atom stereocenters. The van der Waals surface area contributed by atoms with E-state index in [2.05, 4.69) is 48.0 Å². The second-order valence-corrected chi connectivity index (χ2v) is 12.2. The van der Waals surface area contributed by atoms with E-state index in [4.69, 9.17) is 9.97 Å². The molecule has 0 atom stereocenters. The molecule has 0 fully saturated rings. The normalized spacial score (nSPS) is 12.7. The molecule has 0 radical (unpaired) electrons. The standard InChI is InChI=1S/C41H42N4O2/c1-4-6-14-28-24-30(34-16-8-10-22-42-34)40(46)31(25-28)35-17-12-19-37(43-35)38-20-13-18-36(44-38)32-26-29(15-7-5-2)27-33(41(32)47)39-21-9-11-23-45(39)3/h8-13,16-22,24-27,46-47H,4-7,14-15,23H2,1-3H3. The van der Waals surface area contributed by atoms with Crippen molar-refractivity contribution in [2.75, 3.05) is 13.6 Å². The van der Waals surface area contributed by atoms with Crippen LogP contribution >= 0.6 is 0 Å². The van der Waals surface area contributed by atoms with Crippen molar-refractivity contribution >= 4 is 5.70 Å². The van der Waals surface area contributed by atoms with Crippen molar-refractivity contribution in [3.8, 4) is 56.7 Å². The molecule has 1 aliphatic heterocycles. The molecule has 5 aromatic rings. The summed E-state index contributed by atoms with van der Waals surface area (Å²) in [6, 6.07) is 25.6. The molecule has 6 nitrogen and oxygen atoms in total. The Morgan fingerprint density at radius 3 is 1.68 bits per heavy atom. The summed E-state index contributed by atoms with van der Waals surface area (Å²) in [5, 5.41) is 23.2. The van der Waals surface area contributed by atoms with Crippen LogP contribution in [0.3, 0.4) is 0 Å². The van der Waals surface area contributed by atoms with Crippen molar-refractivity contribution in [2.45, 2.75) is 52.4 Å². The Hall–Kier alpha value is -5.23. The highest BCUT2D eigenvalue weighted by Gasteiger charge is 2.20. The molecule has 2 aromatic carbocycles. The van der Waals surface area contributed by atoms with Crippen LogP contribution in [-0.4, -0.2) is 43.7 Å². The number of aromatic hydroxyl groups is 2. The summed E-state index contributed by atoms with van der Waals surface area (Å²) < 4.78 is 0. The van der Waals surface area contributed by atoms with Crippen LogP contribution in [0, 0.1) is 0 Å². The lowest BCUT2D eigenvalue weighted by Gasteiger charge is -2.25. The van der Waals surface area contributed by atoms with Crippen LogP contribution in [0.4, 0.5) is 0 Å². The number of phenolic OH excluding ortho intramolecular Hbond substituents is 2. The Labute approximate surface area is 277 Å². The van der Waals surface area contributed by atoms with Crippen LogP contribution in [0.15, 0.2) is 103 Å². The second-order valence-electron chi connectivity index (χ2n) is 12.2. The highest BCUT2D eigenvalue weighted by molar-refractivity contribution is 5.82. The van der Waals surface area contributed by atoms with Gasteiger partial charge in [0, 0.05) is 47.7 Å². The molecular formula is C41H42N4O2. The van der Waals surface area contributed by atoms with Crippen LogP contribution in [0.2, 0.25) is 0 Å². The lowest BCUT2D eigenvalue weighted by molar-refractivity contribution is 0.467. The SMILES string of the molecule is CCCCc1cc(C2=CC=CCN2C)c(O)c(-c2cccc(-c3cccc(-c4cc(CCCC)cc(-c5ccccn5)c4O)n3)n2)c1. The fourth-order valence-electron chi connectivity index (χ4n) is 6.10. The molecule has 47 heavy (non-hydrogen) atoms. The van der Waals surface area contributed by atoms with Gasteiger partial charge in [0.05, 0.1) is 28.5 Å². The molecule has 0 saturated carbocycles. The molecule has 6 heteroatoms. The molecule has 2 N–H and O–H groups in total. The average molecular weight is 623 g/mol. The van der Waals surface area contributed by atoms with Crippen LogP contribution in [-0.2, 0) is 12.8 Å². The lowest BCUT2D eigenvalue weighted by atomic mass is 9.95. The molecule has 0 aliphatic carbocycles. The lowest BCUT2D eigenvalue weighted by Crippen LogP contribution is -2.19. The first kappa shape index (κ1) is 31.7. The summed E-state index contributed by atoms with van der Waals surface area (Å²) >= 11 is 0. The number of likely N-dealkylation sites (N-methyl/N-ethyl adjacent to an activating group) is 1. The van der Waals surface area contributed by atoms with E-state index in [0.29, 0.717) is 39.5 Å². The molecule has 0 spiro atoms. The zero-order valence-electron chi connectivity index (χ0n) is 27.4. The molecule has 4 heterocycles. The number of benzene rings is 2. The van der Waals surface area contributed by atoms with E-state index in [1.165, 1.54) is 5.56 Å². The molecule has 238 valence electrons. The predicted molar refractivity (Wildman–Crippen MR) is 192 cm³/mol. The number of phenols is 2. The minimum Gasteiger partial charge on any atom is -0.507 e. The maximum Gasteiger partial charge on any atom is 0.134 e. The minimum absolute atomic E-state index is 0.161. The third kappa shape index (κ3) is 6.97. The Morgan fingerprint density at radius 2 is 1.15 bits per heavy atom. The van der Waals surface area contributed by atoms with Crippen LogP contribution in [0.5, 0.6) is 11.5 Å². The van der Waals surface area contributed by atoms with Gasteiger partial charge in [0.2, 0.25) is 0 Å². The molecule has 6 rings (SSSR count). The van der Waals surface area contributed by atoms with Crippen molar-refractivity contribution < 1.29 is 10.2 Å². The zero-order valence-corrected chi connectivity index (χ0v) is 27.4. The van der Waals surface area contributed by atoms with E-state index < -0.39 is 0 Å². The number of pyridine rings is 3. The van der Waals surface area contributed by atoms with Gasteiger partial charge in [0.1, 0.15) is 11.5 Å². The average Bonchev–Trinajstić information content (AvgIpc) is 3.11. The fraction of sp³-hybridized carbons (Fsp3) is 0.244. The Balaban J connectivity index is 1.42. The number of hydrogen-bond acceptors (Lipinski definition) is 6. The first-order valence-corrected chi connectivity index (χ1v) is 16.6. The maximum atomic E-state index is 11.7. The maximum absolute atomic E-state index is 11.7. The van der Waals surface area contributed by atoms with E-state index in [1.54, 1.807) is 6.20 Å². The predicted octanol–water partition coefficient (Wildman–Crippen LogP) is 9.48. The molecule has 0 amide bonds. The van der Waals surface area contributed by atoms with Gasteiger partial charge in [-0.25, -0.2) is 9.97 Å². The second kappa shape index (κ2) is 14.5. The zero-order chi connectivity index (χ0) is 32.8. The molecule has 0 saturated heterocycles. The van der Waals surface area contributed by atoms with E-state index in [1.807, 2.05) is 79.9 Å². The number of unbranched alkanes of at least 4 members (excludes halogenated alkanes) is 2. The van der Waals surface area contributed by atoms with E-state index in [0.717, 1.165) is 67.6 Å². The summed E-state index contributed by atoms with van der Waals surface area (Å²) in [5.74, 6) is 0.384. The van der Waals surface area contributed by atoms with Gasteiger partial charge in [-0.3, -0.25) is 4.98 Å². The Kier molecular flexibility index (Phi) is 9.77. The third-order valence-corrected chi connectivity index (χ3v) is 8.69. The minimum atomic E-state index is 0.161.